The normalized spacial score (nSPS) is 17.5. The molecule has 25 heavy (non-hydrogen) atoms. The zero-order valence-electron chi connectivity index (χ0n) is 13.4. The third-order valence-corrected chi connectivity index (χ3v) is 5.41. The Balaban J connectivity index is 2.14. The monoisotopic (exact) mass is 396 g/mol. The molecule has 1 atom stereocenters. The van der Waals surface area contributed by atoms with Crippen molar-refractivity contribution in [2.24, 2.45) is 0 Å². The zero-order valence-corrected chi connectivity index (χ0v) is 15.8. The summed E-state index contributed by atoms with van der Waals surface area (Å²) in [5.74, 6) is -0.975. The molecule has 8 heteroatoms. The highest BCUT2D eigenvalue weighted by atomic mass is 35.5. The van der Waals surface area contributed by atoms with Crippen LogP contribution in [0, 0.1) is 5.82 Å². The van der Waals surface area contributed by atoms with Crippen LogP contribution in [0.3, 0.4) is 0 Å². The topological polar surface area (TPSA) is 41.6 Å². The number of ether oxygens (including phenoxy) is 1. The maximum absolute atomic E-state index is 13.5. The summed E-state index contributed by atoms with van der Waals surface area (Å²) >= 11 is 12.9. The highest BCUT2D eigenvalue weighted by Crippen LogP contribution is 2.36. The predicted molar refractivity (Wildman–Crippen MR) is 101 cm³/mol. The third kappa shape index (κ3) is 3.27. The molecule has 0 fully saturated rings. The van der Waals surface area contributed by atoms with Crippen molar-refractivity contribution in [2.75, 3.05) is 12.0 Å². The SMILES string of the molecule is COC(=O)C1=C(C)N(c2ccc(F)c(Cl)c2)C(=S)N[C@H]1c1cccs1. The molecule has 1 aromatic carbocycles. The number of benzene rings is 1. The number of carbonyl (C=O) groups excluding carboxylic acids is 1. The van der Waals surface area contributed by atoms with E-state index in [0.717, 1.165) is 4.88 Å². The van der Waals surface area contributed by atoms with E-state index >= 15 is 0 Å². The molecule has 0 radical (unpaired) electrons. The molecule has 0 aliphatic carbocycles. The van der Waals surface area contributed by atoms with Crippen LogP contribution >= 0.6 is 35.2 Å². The molecule has 2 aromatic rings. The van der Waals surface area contributed by atoms with Gasteiger partial charge in [0.15, 0.2) is 5.11 Å². The first-order chi connectivity index (χ1) is 11.9. The van der Waals surface area contributed by atoms with Gasteiger partial charge in [-0.3, -0.25) is 4.90 Å². The molecule has 0 saturated carbocycles. The van der Waals surface area contributed by atoms with E-state index < -0.39 is 17.8 Å². The fourth-order valence-corrected chi connectivity index (χ4v) is 4.04. The molecule has 0 unspecified atom stereocenters. The van der Waals surface area contributed by atoms with E-state index in [2.05, 4.69) is 5.32 Å². The van der Waals surface area contributed by atoms with Crippen LogP contribution < -0.4 is 10.2 Å². The van der Waals surface area contributed by atoms with Crippen LogP contribution in [0.15, 0.2) is 47.0 Å². The molecule has 0 saturated heterocycles. The first kappa shape index (κ1) is 17.8. The van der Waals surface area contributed by atoms with Crippen molar-refractivity contribution in [2.45, 2.75) is 13.0 Å². The van der Waals surface area contributed by atoms with E-state index in [4.69, 9.17) is 28.6 Å². The fourth-order valence-electron chi connectivity index (χ4n) is 2.72. The van der Waals surface area contributed by atoms with Crippen molar-refractivity contribution in [3.63, 3.8) is 0 Å². The van der Waals surface area contributed by atoms with Crippen LogP contribution in [0.1, 0.15) is 17.8 Å². The Morgan fingerprint density at radius 3 is 2.80 bits per heavy atom. The third-order valence-electron chi connectivity index (χ3n) is 3.88. The standard InChI is InChI=1S/C17H14ClFN2O2S2/c1-9-14(16(22)23-2)15(13-4-3-7-25-13)20-17(24)21(9)10-5-6-12(19)11(18)8-10/h3-8,15H,1-2H3,(H,20,24)/t15-/m0/s1. The predicted octanol–water partition coefficient (Wildman–Crippen LogP) is 4.42. The highest BCUT2D eigenvalue weighted by molar-refractivity contribution is 7.80. The number of halogens is 2. The molecular weight excluding hydrogens is 383 g/mol. The number of esters is 1. The molecule has 1 aliphatic heterocycles. The number of thiocarbonyl (C=S) groups is 1. The lowest BCUT2D eigenvalue weighted by atomic mass is 10.0. The summed E-state index contributed by atoms with van der Waals surface area (Å²) < 4.78 is 18.4. The van der Waals surface area contributed by atoms with Gasteiger partial charge in [0.05, 0.1) is 23.7 Å². The number of nitrogens with one attached hydrogen (secondary N) is 1. The van der Waals surface area contributed by atoms with E-state index in [9.17, 15) is 9.18 Å². The maximum atomic E-state index is 13.5. The van der Waals surface area contributed by atoms with Gasteiger partial charge in [-0.2, -0.15) is 0 Å². The number of methoxy groups -OCH3 is 1. The van der Waals surface area contributed by atoms with Gasteiger partial charge in [0.2, 0.25) is 0 Å². The van der Waals surface area contributed by atoms with Crippen LogP contribution in [0.2, 0.25) is 5.02 Å². The Labute approximate surface area is 158 Å². The van der Waals surface area contributed by atoms with Crippen molar-refractivity contribution in [3.8, 4) is 0 Å². The van der Waals surface area contributed by atoms with E-state index in [1.165, 1.54) is 30.6 Å². The molecule has 0 bridgehead atoms. The first-order valence-corrected chi connectivity index (χ1v) is 8.98. The smallest absolute Gasteiger partial charge is 0.338 e. The van der Waals surface area contributed by atoms with Crippen LogP contribution in [0.4, 0.5) is 10.1 Å². The van der Waals surface area contributed by atoms with Gasteiger partial charge < -0.3 is 10.1 Å². The summed E-state index contributed by atoms with van der Waals surface area (Å²) in [6, 6.07) is 7.71. The molecule has 2 heterocycles. The van der Waals surface area contributed by atoms with E-state index in [1.807, 2.05) is 17.5 Å². The lowest BCUT2D eigenvalue weighted by molar-refractivity contribution is -0.136. The van der Waals surface area contributed by atoms with Gasteiger partial charge in [-0.15, -0.1) is 11.3 Å². The lowest BCUT2D eigenvalue weighted by Gasteiger charge is -2.37. The van der Waals surface area contributed by atoms with E-state index in [1.54, 1.807) is 17.9 Å². The van der Waals surface area contributed by atoms with Gasteiger partial charge in [0.1, 0.15) is 5.82 Å². The fraction of sp³-hybridized carbons (Fsp3) is 0.176. The first-order valence-electron chi connectivity index (χ1n) is 7.32. The number of allylic oxidation sites excluding steroid dienone is 1. The second kappa shape index (κ2) is 7.11. The molecule has 1 aromatic heterocycles. The van der Waals surface area contributed by atoms with Crippen LogP contribution in [0.25, 0.3) is 0 Å². The quantitative estimate of drug-likeness (QED) is 0.614. The maximum Gasteiger partial charge on any atom is 0.338 e. The van der Waals surface area contributed by atoms with Crippen molar-refractivity contribution in [1.29, 1.82) is 0 Å². The summed E-state index contributed by atoms with van der Waals surface area (Å²) in [6.07, 6.45) is 0. The van der Waals surface area contributed by atoms with Crippen molar-refractivity contribution in [3.05, 3.63) is 62.7 Å². The number of carbonyl (C=O) groups is 1. The summed E-state index contributed by atoms with van der Waals surface area (Å²) in [7, 11) is 1.33. The van der Waals surface area contributed by atoms with Gasteiger partial charge in [-0.25, -0.2) is 9.18 Å². The number of rotatable bonds is 3. The molecule has 130 valence electrons. The molecule has 3 rings (SSSR count). The Hall–Kier alpha value is -1.96. The Bertz CT molecular complexity index is 868. The van der Waals surface area contributed by atoms with Gasteiger partial charge >= 0.3 is 5.97 Å². The minimum absolute atomic E-state index is 0.0203. The molecule has 1 N–H and O–H groups in total. The van der Waals surface area contributed by atoms with Crippen molar-refractivity contribution < 1.29 is 13.9 Å². The molecule has 1 aliphatic rings. The van der Waals surface area contributed by atoms with E-state index in [-0.39, 0.29) is 5.02 Å². The number of anilines is 1. The highest BCUT2D eigenvalue weighted by Gasteiger charge is 2.35. The van der Waals surface area contributed by atoms with Crippen molar-refractivity contribution >= 4 is 51.9 Å². The summed E-state index contributed by atoms with van der Waals surface area (Å²) in [5, 5.41) is 5.47. The number of nitrogens with zero attached hydrogens (tertiary/aromatic N) is 1. The van der Waals surface area contributed by atoms with Gasteiger partial charge in [0, 0.05) is 16.3 Å². The second-order valence-corrected chi connectivity index (χ2v) is 7.10. The molecule has 0 amide bonds. The van der Waals surface area contributed by atoms with Gasteiger partial charge in [0.25, 0.3) is 0 Å². The van der Waals surface area contributed by atoms with Gasteiger partial charge in [-0.1, -0.05) is 17.7 Å². The Morgan fingerprint density at radius 2 is 2.20 bits per heavy atom. The number of thiophene rings is 1. The van der Waals surface area contributed by atoms with Crippen molar-refractivity contribution in [1.82, 2.24) is 5.32 Å². The second-order valence-electron chi connectivity index (χ2n) is 5.32. The molecule has 0 spiro atoms. The summed E-state index contributed by atoms with van der Waals surface area (Å²) in [5.41, 5.74) is 1.61. The van der Waals surface area contributed by atoms with E-state index in [0.29, 0.717) is 22.1 Å². The number of hydrogen-bond donors (Lipinski definition) is 1. The Morgan fingerprint density at radius 1 is 1.44 bits per heavy atom. The van der Waals surface area contributed by atoms with Gasteiger partial charge in [-0.05, 0) is 48.8 Å². The largest absolute Gasteiger partial charge is 0.466 e. The zero-order chi connectivity index (χ0) is 18.1. The summed E-state index contributed by atoms with van der Waals surface area (Å²) in [4.78, 5) is 15.0. The molecular formula is C17H14ClFN2O2S2. The average Bonchev–Trinajstić information content (AvgIpc) is 3.11. The van der Waals surface area contributed by atoms with Crippen LogP contribution in [-0.4, -0.2) is 18.2 Å². The number of hydrogen-bond acceptors (Lipinski definition) is 4. The summed E-state index contributed by atoms with van der Waals surface area (Å²) in [6.45, 7) is 1.78. The molecule has 4 nitrogen and oxygen atoms in total. The van der Waals surface area contributed by atoms with Crippen LogP contribution in [0.5, 0.6) is 0 Å². The lowest BCUT2D eigenvalue weighted by Crippen LogP contribution is -2.47. The van der Waals surface area contributed by atoms with Crippen LogP contribution in [-0.2, 0) is 9.53 Å². The minimum Gasteiger partial charge on any atom is -0.466 e. The Kier molecular flexibility index (Phi) is 5.08. The minimum atomic E-state index is -0.521. The average molecular weight is 397 g/mol.